The normalized spacial score (nSPS) is 11.3. The van der Waals surface area contributed by atoms with E-state index in [2.05, 4.69) is 16.4 Å². The summed E-state index contributed by atoms with van der Waals surface area (Å²) in [5.41, 5.74) is 0.975. The molecule has 0 bridgehead atoms. The summed E-state index contributed by atoms with van der Waals surface area (Å²) in [7, 11) is 0. The van der Waals surface area contributed by atoms with E-state index in [4.69, 9.17) is 23.2 Å². The average Bonchev–Trinajstić information content (AvgIpc) is 3.03. The lowest BCUT2D eigenvalue weighted by atomic mass is 10.2. The number of aromatic nitrogens is 3. The van der Waals surface area contributed by atoms with Crippen molar-refractivity contribution in [1.29, 1.82) is 0 Å². The molecule has 0 aliphatic heterocycles. The highest BCUT2D eigenvalue weighted by Crippen LogP contribution is 2.35. The Balaban J connectivity index is 1.82. The van der Waals surface area contributed by atoms with Gasteiger partial charge in [-0.2, -0.15) is 0 Å². The van der Waals surface area contributed by atoms with Crippen LogP contribution in [0.1, 0.15) is 17.0 Å². The van der Waals surface area contributed by atoms with Crippen LogP contribution in [0.3, 0.4) is 0 Å². The molecule has 0 aliphatic carbocycles. The molecular formula is C14H13Cl2N3S. The van der Waals surface area contributed by atoms with Crippen LogP contribution in [0.5, 0.6) is 0 Å². The van der Waals surface area contributed by atoms with Crippen molar-refractivity contribution >= 4 is 44.6 Å². The SMILES string of the molecule is ClCCCc1cn(Cc2sc3ccccc3c2Cl)nn1. The van der Waals surface area contributed by atoms with Crippen molar-refractivity contribution in [2.24, 2.45) is 0 Å². The van der Waals surface area contributed by atoms with Crippen LogP contribution in [0.15, 0.2) is 30.5 Å². The van der Waals surface area contributed by atoms with Gasteiger partial charge < -0.3 is 0 Å². The van der Waals surface area contributed by atoms with Crippen molar-refractivity contribution in [3.63, 3.8) is 0 Å². The van der Waals surface area contributed by atoms with Gasteiger partial charge >= 0.3 is 0 Å². The topological polar surface area (TPSA) is 30.7 Å². The predicted octanol–water partition coefficient (Wildman–Crippen LogP) is 4.37. The molecule has 104 valence electrons. The van der Waals surface area contributed by atoms with Crippen molar-refractivity contribution in [2.75, 3.05) is 5.88 Å². The molecule has 1 aromatic carbocycles. The van der Waals surface area contributed by atoms with Crippen LogP contribution >= 0.6 is 34.5 Å². The molecule has 0 unspecified atom stereocenters. The zero-order valence-corrected chi connectivity index (χ0v) is 13.0. The molecular weight excluding hydrogens is 313 g/mol. The number of nitrogens with zero attached hydrogens (tertiary/aromatic N) is 3. The molecule has 0 spiro atoms. The summed E-state index contributed by atoms with van der Waals surface area (Å²) in [6.45, 7) is 0.659. The Morgan fingerprint density at radius 1 is 1.25 bits per heavy atom. The quantitative estimate of drug-likeness (QED) is 0.652. The molecule has 3 nitrogen and oxygen atoms in total. The van der Waals surface area contributed by atoms with E-state index < -0.39 is 0 Å². The number of rotatable bonds is 5. The Morgan fingerprint density at radius 2 is 2.10 bits per heavy atom. The first kappa shape index (κ1) is 13.9. The molecule has 0 radical (unpaired) electrons. The Bertz CT molecular complexity index is 720. The number of thiophene rings is 1. The van der Waals surface area contributed by atoms with Gasteiger partial charge in [-0.1, -0.05) is 35.0 Å². The second-order valence-electron chi connectivity index (χ2n) is 4.54. The summed E-state index contributed by atoms with van der Waals surface area (Å²) in [5.74, 6) is 0.648. The van der Waals surface area contributed by atoms with Crippen molar-refractivity contribution in [2.45, 2.75) is 19.4 Å². The number of aryl methyl sites for hydroxylation is 1. The number of benzene rings is 1. The summed E-state index contributed by atoms with van der Waals surface area (Å²) in [6, 6.07) is 8.16. The summed E-state index contributed by atoms with van der Waals surface area (Å²) < 4.78 is 3.04. The predicted molar refractivity (Wildman–Crippen MR) is 85.0 cm³/mol. The smallest absolute Gasteiger partial charge is 0.0827 e. The molecule has 0 saturated heterocycles. The maximum absolute atomic E-state index is 6.43. The number of hydrogen-bond acceptors (Lipinski definition) is 3. The maximum Gasteiger partial charge on any atom is 0.0827 e. The largest absolute Gasteiger partial charge is 0.247 e. The third-order valence-corrected chi connectivity index (χ3v) is 5.03. The zero-order chi connectivity index (χ0) is 13.9. The fourth-order valence-corrected chi connectivity index (χ4v) is 3.71. The van der Waals surface area contributed by atoms with Gasteiger partial charge in [-0.25, -0.2) is 4.68 Å². The molecule has 0 aliphatic rings. The maximum atomic E-state index is 6.43. The highest BCUT2D eigenvalue weighted by atomic mass is 35.5. The van der Waals surface area contributed by atoms with Crippen LogP contribution in [-0.4, -0.2) is 20.9 Å². The van der Waals surface area contributed by atoms with Crippen molar-refractivity contribution in [3.8, 4) is 0 Å². The molecule has 2 heterocycles. The van der Waals surface area contributed by atoms with E-state index in [9.17, 15) is 0 Å². The van der Waals surface area contributed by atoms with E-state index in [1.807, 2.05) is 29.1 Å². The highest BCUT2D eigenvalue weighted by molar-refractivity contribution is 7.19. The van der Waals surface area contributed by atoms with Crippen molar-refractivity contribution in [3.05, 3.63) is 46.1 Å². The molecule has 0 fully saturated rings. The Hall–Kier alpha value is -1.10. The van der Waals surface area contributed by atoms with Gasteiger partial charge in [0.1, 0.15) is 0 Å². The lowest BCUT2D eigenvalue weighted by molar-refractivity contribution is 0.655. The van der Waals surface area contributed by atoms with E-state index >= 15 is 0 Å². The molecule has 20 heavy (non-hydrogen) atoms. The first-order valence-corrected chi connectivity index (χ1v) is 8.11. The van der Waals surface area contributed by atoms with E-state index in [1.54, 1.807) is 11.3 Å². The van der Waals surface area contributed by atoms with Crippen LogP contribution in [-0.2, 0) is 13.0 Å². The zero-order valence-electron chi connectivity index (χ0n) is 10.7. The third-order valence-electron chi connectivity index (χ3n) is 3.06. The fourth-order valence-electron chi connectivity index (χ4n) is 2.09. The van der Waals surface area contributed by atoms with Crippen LogP contribution < -0.4 is 0 Å². The molecule has 6 heteroatoms. The fraction of sp³-hybridized carbons (Fsp3) is 0.286. The minimum Gasteiger partial charge on any atom is -0.247 e. The standard InChI is InChI=1S/C14H13Cl2N3S/c15-7-3-4-10-8-19(18-17-10)9-13-14(16)11-5-1-2-6-12(11)20-13/h1-2,5-6,8H,3-4,7,9H2. The summed E-state index contributed by atoms with van der Waals surface area (Å²) in [5, 5.41) is 10.2. The van der Waals surface area contributed by atoms with Crippen LogP contribution in [0.4, 0.5) is 0 Å². The van der Waals surface area contributed by atoms with E-state index in [0.29, 0.717) is 12.4 Å². The highest BCUT2D eigenvalue weighted by Gasteiger charge is 2.11. The molecule has 0 saturated carbocycles. The summed E-state index contributed by atoms with van der Waals surface area (Å²) in [4.78, 5) is 1.11. The lowest BCUT2D eigenvalue weighted by Crippen LogP contribution is -1.98. The van der Waals surface area contributed by atoms with Crippen LogP contribution in [0.25, 0.3) is 10.1 Å². The van der Waals surface area contributed by atoms with Crippen LogP contribution in [0, 0.1) is 0 Å². The van der Waals surface area contributed by atoms with Crippen LogP contribution in [0.2, 0.25) is 5.02 Å². The van der Waals surface area contributed by atoms with Crippen molar-refractivity contribution in [1.82, 2.24) is 15.0 Å². The Labute approximate surface area is 131 Å². The monoisotopic (exact) mass is 325 g/mol. The minimum absolute atomic E-state index is 0.648. The summed E-state index contributed by atoms with van der Waals surface area (Å²) in [6.07, 6.45) is 3.75. The van der Waals surface area contributed by atoms with E-state index in [1.165, 1.54) is 4.70 Å². The van der Waals surface area contributed by atoms with Gasteiger partial charge in [0.25, 0.3) is 0 Å². The second-order valence-corrected chi connectivity index (χ2v) is 6.43. The molecule has 0 N–H and O–H groups in total. The molecule has 0 amide bonds. The van der Waals surface area contributed by atoms with Gasteiger partial charge in [-0.05, 0) is 18.9 Å². The molecule has 2 aromatic heterocycles. The molecule has 3 aromatic rings. The van der Waals surface area contributed by atoms with Gasteiger partial charge in [0, 0.05) is 27.0 Å². The number of hydrogen-bond donors (Lipinski definition) is 0. The average molecular weight is 326 g/mol. The van der Waals surface area contributed by atoms with Gasteiger partial charge in [-0.3, -0.25) is 0 Å². The second kappa shape index (κ2) is 6.12. The number of fused-ring (bicyclic) bond motifs is 1. The number of halogens is 2. The van der Waals surface area contributed by atoms with Gasteiger partial charge in [0.15, 0.2) is 0 Å². The first-order valence-electron chi connectivity index (χ1n) is 6.39. The van der Waals surface area contributed by atoms with E-state index in [0.717, 1.165) is 33.8 Å². The Kier molecular flexibility index (Phi) is 4.24. The number of alkyl halides is 1. The van der Waals surface area contributed by atoms with Crippen molar-refractivity contribution < 1.29 is 0 Å². The molecule has 3 rings (SSSR count). The first-order chi connectivity index (χ1) is 9.78. The molecule has 0 atom stereocenters. The lowest BCUT2D eigenvalue weighted by Gasteiger charge is -1.97. The summed E-state index contributed by atoms with van der Waals surface area (Å²) >= 11 is 13.8. The Morgan fingerprint density at radius 3 is 2.90 bits per heavy atom. The minimum atomic E-state index is 0.648. The van der Waals surface area contributed by atoms with Gasteiger partial charge in [0.2, 0.25) is 0 Å². The third kappa shape index (κ3) is 2.82. The van der Waals surface area contributed by atoms with Gasteiger partial charge in [-0.15, -0.1) is 28.0 Å². The van der Waals surface area contributed by atoms with E-state index in [-0.39, 0.29) is 0 Å². The van der Waals surface area contributed by atoms with Gasteiger partial charge in [0.05, 0.1) is 17.3 Å².